The number of rotatable bonds is 1. The van der Waals surface area contributed by atoms with Gasteiger partial charge in [-0.2, -0.15) is 0 Å². The van der Waals surface area contributed by atoms with Crippen LogP contribution in [-0.4, -0.2) is 43.8 Å². The molecule has 0 amide bonds. The van der Waals surface area contributed by atoms with Crippen LogP contribution in [0.5, 0.6) is 0 Å². The molecule has 0 aliphatic rings. The second-order valence-electron chi connectivity index (χ2n) is 2.02. The SMILES string of the molecule is CC(C)N(O)O.O=C(O)C(=O)O. The topological polar surface area (TPSA) is 118 Å². The Balaban J connectivity index is 0. The predicted octanol–water partition coefficient (Wildman–Crippen LogP) is -0.369. The van der Waals surface area contributed by atoms with Crippen molar-refractivity contribution >= 4 is 11.9 Å². The average molecular weight is 181 g/mol. The van der Waals surface area contributed by atoms with Gasteiger partial charge < -0.3 is 10.2 Å². The van der Waals surface area contributed by atoms with Crippen LogP contribution in [0.25, 0.3) is 0 Å². The molecule has 0 aliphatic carbocycles. The molecule has 0 aromatic carbocycles. The first-order valence-electron chi connectivity index (χ1n) is 2.92. The highest BCUT2D eigenvalue weighted by Gasteiger charge is 2.04. The van der Waals surface area contributed by atoms with Crippen molar-refractivity contribution in [3.63, 3.8) is 0 Å². The first-order valence-corrected chi connectivity index (χ1v) is 2.92. The minimum atomic E-state index is -1.82. The molecule has 0 atom stereocenters. The number of hydrogen-bond acceptors (Lipinski definition) is 5. The third-order valence-electron chi connectivity index (χ3n) is 0.645. The van der Waals surface area contributed by atoms with Crippen LogP contribution < -0.4 is 0 Å². The molecule has 0 aliphatic heterocycles. The maximum atomic E-state index is 9.10. The van der Waals surface area contributed by atoms with Crippen LogP contribution in [-0.2, 0) is 9.59 Å². The molecule has 12 heavy (non-hydrogen) atoms. The van der Waals surface area contributed by atoms with Gasteiger partial charge in [0.15, 0.2) is 0 Å². The predicted molar refractivity (Wildman–Crippen MR) is 35.8 cm³/mol. The van der Waals surface area contributed by atoms with E-state index in [9.17, 15) is 0 Å². The van der Waals surface area contributed by atoms with Crippen molar-refractivity contribution in [2.24, 2.45) is 0 Å². The van der Waals surface area contributed by atoms with Crippen molar-refractivity contribution in [3.05, 3.63) is 0 Å². The number of nitrogens with zero attached hydrogens (tertiary/aromatic N) is 1. The maximum Gasteiger partial charge on any atom is 0.414 e. The van der Waals surface area contributed by atoms with E-state index in [0.29, 0.717) is 0 Å². The van der Waals surface area contributed by atoms with E-state index in [-0.39, 0.29) is 11.3 Å². The van der Waals surface area contributed by atoms with E-state index in [0.717, 1.165) is 0 Å². The molecule has 0 radical (unpaired) electrons. The third-order valence-corrected chi connectivity index (χ3v) is 0.645. The van der Waals surface area contributed by atoms with E-state index in [1.165, 1.54) is 0 Å². The fourth-order valence-corrected chi connectivity index (χ4v) is 0. The summed E-state index contributed by atoms with van der Waals surface area (Å²) in [7, 11) is 0. The smallest absolute Gasteiger partial charge is 0.414 e. The lowest BCUT2D eigenvalue weighted by atomic mass is 10.4. The minimum Gasteiger partial charge on any atom is -0.473 e. The lowest BCUT2D eigenvalue weighted by molar-refractivity contribution is -0.325. The van der Waals surface area contributed by atoms with Gasteiger partial charge in [-0.3, -0.25) is 10.4 Å². The summed E-state index contributed by atoms with van der Waals surface area (Å²) < 4.78 is 0. The Morgan fingerprint density at radius 1 is 1.08 bits per heavy atom. The van der Waals surface area contributed by atoms with Gasteiger partial charge in [0, 0.05) is 0 Å². The molecule has 0 fully saturated rings. The molecule has 0 spiro atoms. The zero-order chi connectivity index (χ0) is 10.3. The van der Waals surface area contributed by atoms with Crippen LogP contribution in [0.2, 0.25) is 0 Å². The lowest BCUT2D eigenvalue weighted by Crippen LogP contribution is -2.22. The van der Waals surface area contributed by atoms with E-state index >= 15 is 0 Å². The van der Waals surface area contributed by atoms with Gasteiger partial charge in [-0.1, -0.05) is 5.23 Å². The molecule has 0 bridgehead atoms. The largest absolute Gasteiger partial charge is 0.473 e. The zero-order valence-corrected chi connectivity index (χ0v) is 6.63. The summed E-state index contributed by atoms with van der Waals surface area (Å²) in [5.41, 5.74) is 0. The molecule has 0 unspecified atom stereocenters. The van der Waals surface area contributed by atoms with Gasteiger partial charge in [-0.25, -0.2) is 9.59 Å². The monoisotopic (exact) mass is 181 g/mol. The summed E-state index contributed by atoms with van der Waals surface area (Å²) in [6.07, 6.45) is 0. The van der Waals surface area contributed by atoms with E-state index in [4.69, 9.17) is 30.2 Å². The zero-order valence-electron chi connectivity index (χ0n) is 6.63. The second-order valence-corrected chi connectivity index (χ2v) is 2.02. The van der Waals surface area contributed by atoms with Crippen LogP contribution in [0.3, 0.4) is 0 Å². The highest BCUT2D eigenvalue weighted by molar-refractivity contribution is 6.27. The fourth-order valence-electron chi connectivity index (χ4n) is 0. The van der Waals surface area contributed by atoms with Crippen LogP contribution in [0.4, 0.5) is 0 Å². The van der Waals surface area contributed by atoms with E-state index in [2.05, 4.69) is 0 Å². The molecule has 0 aromatic rings. The molecule has 4 N–H and O–H groups in total. The van der Waals surface area contributed by atoms with Crippen molar-refractivity contribution in [2.75, 3.05) is 0 Å². The summed E-state index contributed by atoms with van der Waals surface area (Å²) in [6.45, 7) is 3.33. The Bertz CT molecular complexity index is 136. The number of hydroxylamine groups is 2. The van der Waals surface area contributed by atoms with Gasteiger partial charge in [0.05, 0.1) is 6.04 Å². The van der Waals surface area contributed by atoms with Crippen LogP contribution >= 0.6 is 0 Å². The van der Waals surface area contributed by atoms with Gasteiger partial charge >= 0.3 is 11.9 Å². The number of carboxylic acids is 2. The molecule has 7 nitrogen and oxygen atoms in total. The third kappa shape index (κ3) is 11.6. The van der Waals surface area contributed by atoms with Gasteiger partial charge in [-0.15, -0.1) is 0 Å². The molecule has 0 rings (SSSR count). The molecule has 0 aromatic heterocycles. The van der Waals surface area contributed by atoms with Crippen LogP contribution in [0.15, 0.2) is 0 Å². The number of carbonyl (C=O) groups is 2. The van der Waals surface area contributed by atoms with Gasteiger partial charge in [0.25, 0.3) is 0 Å². The van der Waals surface area contributed by atoms with Crippen molar-refractivity contribution in [3.8, 4) is 0 Å². The molecule has 0 heterocycles. The van der Waals surface area contributed by atoms with Crippen molar-refractivity contribution in [1.82, 2.24) is 5.23 Å². The van der Waals surface area contributed by atoms with Crippen molar-refractivity contribution in [1.29, 1.82) is 0 Å². The molecular formula is C5H11NO6. The Labute approximate surface area is 68.4 Å². The Morgan fingerprint density at radius 3 is 1.25 bits per heavy atom. The highest BCUT2D eigenvalue weighted by atomic mass is 16.8. The number of carboxylic acid groups (broad SMARTS) is 2. The summed E-state index contributed by atoms with van der Waals surface area (Å²) in [5.74, 6) is -3.65. The molecule has 0 saturated carbocycles. The molecular weight excluding hydrogens is 170 g/mol. The standard InChI is InChI=1S/C3H9NO2.C2H2O4/c1-3(2)4(5)6;3-1(4)2(5)6/h3,5-6H,1-2H3;(H,3,4)(H,5,6). The maximum absolute atomic E-state index is 9.10. The van der Waals surface area contributed by atoms with Crippen molar-refractivity contribution < 1.29 is 30.2 Å². The minimum absolute atomic E-state index is 0.167. The number of hydrogen-bond donors (Lipinski definition) is 4. The Hall–Kier alpha value is -1.18. The van der Waals surface area contributed by atoms with E-state index < -0.39 is 11.9 Å². The van der Waals surface area contributed by atoms with E-state index in [1.807, 2.05) is 0 Å². The molecule has 0 saturated heterocycles. The van der Waals surface area contributed by atoms with E-state index in [1.54, 1.807) is 13.8 Å². The number of aliphatic carboxylic acids is 2. The van der Waals surface area contributed by atoms with Crippen LogP contribution in [0, 0.1) is 0 Å². The van der Waals surface area contributed by atoms with Gasteiger partial charge in [0.2, 0.25) is 0 Å². The quantitative estimate of drug-likeness (QED) is 0.322. The first-order chi connectivity index (χ1) is 5.29. The van der Waals surface area contributed by atoms with Gasteiger partial charge in [-0.05, 0) is 13.8 Å². The molecule has 72 valence electrons. The average Bonchev–Trinajstić information content (AvgIpc) is 1.88. The summed E-state index contributed by atoms with van der Waals surface area (Å²) in [6, 6.07) is -0.204. The van der Waals surface area contributed by atoms with Crippen LogP contribution in [0.1, 0.15) is 13.8 Å². The van der Waals surface area contributed by atoms with Gasteiger partial charge in [0.1, 0.15) is 0 Å². The Morgan fingerprint density at radius 2 is 1.25 bits per heavy atom. The Kier molecular flexibility index (Phi) is 7.29. The highest BCUT2D eigenvalue weighted by Crippen LogP contribution is 1.83. The summed E-state index contributed by atoms with van der Waals surface area (Å²) in [4.78, 5) is 18.2. The fraction of sp³-hybridized carbons (Fsp3) is 0.600. The molecule has 7 heteroatoms. The summed E-state index contributed by atoms with van der Waals surface area (Å²) >= 11 is 0. The summed E-state index contributed by atoms with van der Waals surface area (Å²) in [5, 5.41) is 31.0. The lowest BCUT2D eigenvalue weighted by Gasteiger charge is -2.07. The first kappa shape index (κ1) is 13.4. The van der Waals surface area contributed by atoms with Crippen molar-refractivity contribution in [2.45, 2.75) is 19.9 Å². The second kappa shape index (κ2) is 6.53. The normalized spacial score (nSPS) is 9.17.